The average molecular weight is 297 g/mol. The zero-order valence-electron chi connectivity index (χ0n) is 12.3. The minimum absolute atomic E-state index is 0.110. The molecule has 2 nitrogen and oxygen atoms in total. The molecule has 1 aliphatic heterocycles. The van der Waals surface area contributed by atoms with E-state index >= 15 is 0 Å². The highest BCUT2D eigenvalue weighted by Crippen LogP contribution is 2.43. The zero-order chi connectivity index (χ0) is 14.8. The van der Waals surface area contributed by atoms with E-state index in [0.29, 0.717) is 6.04 Å². The molecule has 0 spiro atoms. The first-order chi connectivity index (χ1) is 10.2. The van der Waals surface area contributed by atoms with E-state index in [4.69, 9.17) is 0 Å². The summed E-state index contributed by atoms with van der Waals surface area (Å²) in [6, 6.07) is 14.8. The van der Waals surface area contributed by atoms with Gasteiger partial charge < -0.3 is 5.32 Å². The number of nitrogens with one attached hydrogen (secondary N) is 1. The second kappa shape index (κ2) is 5.94. The number of benzene rings is 2. The first-order valence-corrected chi connectivity index (χ1v) is 8.19. The van der Waals surface area contributed by atoms with Gasteiger partial charge in [-0.2, -0.15) is 0 Å². The van der Waals surface area contributed by atoms with Gasteiger partial charge in [0.15, 0.2) is 5.78 Å². The smallest absolute Gasteiger partial charge is 0.159 e. The van der Waals surface area contributed by atoms with Crippen molar-refractivity contribution in [3.63, 3.8) is 0 Å². The molecule has 1 atom stereocenters. The molecule has 2 aromatic rings. The molecule has 0 aliphatic carbocycles. The Balaban J connectivity index is 2.07. The highest BCUT2D eigenvalue weighted by Gasteiger charge is 2.21. The number of ketones is 1. The number of hydrogen-bond acceptors (Lipinski definition) is 3. The van der Waals surface area contributed by atoms with E-state index in [0.717, 1.165) is 24.1 Å². The Kier molecular flexibility index (Phi) is 4.02. The van der Waals surface area contributed by atoms with Crippen LogP contribution in [0.25, 0.3) is 0 Å². The molecule has 0 amide bonds. The molecule has 1 N–H and O–H groups in total. The van der Waals surface area contributed by atoms with Crippen molar-refractivity contribution in [3.8, 4) is 0 Å². The molecule has 0 radical (unpaired) electrons. The van der Waals surface area contributed by atoms with Crippen LogP contribution >= 0.6 is 11.8 Å². The normalized spacial score (nSPS) is 16.4. The van der Waals surface area contributed by atoms with Crippen molar-refractivity contribution in [2.45, 2.75) is 42.5 Å². The number of hydrogen-bond donors (Lipinski definition) is 1. The highest BCUT2D eigenvalue weighted by atomic mass is 32.2. The van der Waals surface area contributed by atoms with Gasteiger partial charge in [-0.25, -0.2) is 0 Å². The fraction of sp³-hybridized carbons (Fsp3) is 0.278. The lowest BCUT2D eigenvalue weighted by Crippen LogP contribution is -2.10. The van der Waals surface area contributed by atoms with Gasteiger partial charge in [-0.3, -0.25) is 4.79 Å². The third kappa shape index (κ3) is 2.84. The molecule has 0 aromatic heterocycles. The third-order valence-electron chi connectivity index (χ3n) is 3.81. The van der Waals surface area contributed by atoms with Gasteiger partial charge in [-0.1, -0.05) is 49.4 Å². The number of carbonyl (C=O) groups excluding carboxylic acids is 1. The van der Waals surface area contributed by atoms with Crippen LogP contribution in [0.2, 0.25) is 0 Å². The van der Waals surface area contributed by atoms with Gasteiger partial charge in [0.2, 0.25) is 0 Å². The topological polar surface area (TPSA) is 29.1 Å². The molecule has 21 heavy (non-hydrogen) atoms. The molecule has 0 fully saturated rings. The van der Waals surface area contributed by atoms with E-state index < -0.39 is 0 Å². The molecular weight excluding hydrogens is 278 g/mol. The second-order valence-corrected chi connectivity index (χ2v) is 6.48. The van der Waals surface area contributed by atoms with Crippen LogP contribution in [0.5, 0.6) is 0 Å². The lowest BCUT2D eigenvalue weighted by atomic mass is 10.0. The highest BCUT2D eigenvalue weighted by molar-refractivity contribution is 7.99. The van der Waals surface area contributed by atoms with Gasteiger partial charge in [0.05, 0.1) is 6.04 Å². The summed E-state index contributed by atoms with van der Waals surface area (Å²) in [5.74, 6) is 0.110. The zero-order valence-corrected chi connectivity index (χ0v) is 13.2. The van der Waals surface area contributed by atoms with Gasteiger partial charge >= 0.3 is 0 Å². The van der Waals surface area contributed by atoms with Gasteiger partial charge in [-0.15, -0.1) is 0 Å². The fourth-order valence-electron chi connectivity index (χ4n) is 2.71. The van der Waals surface area contributed by atoms with E-state index in [1.54, 1.807) is 18.7 Å². The fourth-order valence-corrected chi connectivity index (χ4v) is 3.79. The van der Waals surface area contributed by atoms with Crippen LogP contribution in [0.3, 0.4) is 0 Å². The van der Waals surface area contributed by atoms with E-state index in [1.807, 2.05) is 12.1 Å². The van der Waals surface area contributed by atoms with Crippen LogP contribution in [0.15, 0.2) is 52.3 Å². The van der Waals surface area contributed by atoms with Crippen molar-refractivity contribution < 1.29 is 4.79 Å². The molecule has 3 rings (SSSR count). The molecule has 2 aromatic carbocycles. The quantitative estimate of drug-likeness (QED) is 0.779. The van der Waals surface area contributed by atoms with E-state index in [1.165, 1.54) is 15.4 Å². The second-order valence-electron chi connectivity index (χ2n) is 5.39. The number of carbonyl (C=O) groups is 1. The minimum atomic E-state index is 0.110. The van der Waals surface area contributed by atoms with Crippen molar-refractivity contribution in [2.75, 3.05) is 5.32 Å². The summed E-state index contributed by atoms with van der Waals surface area (Å²) in [5, 5.41) is 3.64. The summed E-state index contributed by atoms with van der Waals surface area (Å²) in [4.78, 5) is 14.1. The van der Waals surface area contributed by atoms with E-state index in [2.05, 4.69) is 42.6 Å². The van der Waals surface area contributed by atoms with Crippen molar-refractivity contribution in [1.29, 1.82) is 0 Å². The Labute approximate surface area is 130 Å². The lowest BCUT2D eigenvalue weighted by molar-refractivity contribution is 0.101. The van der Waals surface area contributed by atoms with E-state index in [-0.39, 0.29) is 5.78 Å². The van der Waals surface area contributed by atoms with Crippen LogP contribution < -0.4 is 5.32 Å². The van der Waals surface area contributed by atoms with Crippen molar-refractivity contribution >= 4 is 23.2 Å². The van der Waals surface area contributed by atoms with Crippen LogP contribution in [-0.2, 0) is 0 Å². The molecular formula is C18H19NOS. The summed E-state index contributed by atoms with van der Waals surface area (Å²) < 4.78 is 0. The van der Waals surface area contributed by atoms with Gasteiger partial charge in [-0.05, 0) is 37.1 Å². The van der Waals surface area contributed by atoms with Crippen LogP contribution in [0.4, 0.5) is 5.69 Å². The molecule has 0 saturated heterocycles. The van der Waals surface area contributed by atoms with Crippen molar-refractivity contribution in [2.24, 2.45) is 0 Å². The Hall–Kier alpha value is -1.74. The lowest BCUT2D eigenvalue weighted by Gasteiger charge is -2.19. The predicted octanol–water partition coefficient (Wildman–Crippen LogP) is 5.31. The van der Waals surface area contributed by atoms with Crippen LogP contribution in [0.1, 0.15) is 48.7 Å². The van der Waals surface area contributed by atoms with Crippen LogP contribution in [-0.4, -0.2) is 5.78 Å². The summed E-state index contributed by atoms with van der Waals surface area (Å²) in [6.07, 6.45) is 2.21. The molecule has 0 saturated carbocycles. The molecule has 0 bridgehead atoms. The summed E-state index contributed by atoms with van der Waals surface area (Å²) in [5.41, 5.74) is 3.19. The number of anilines is 1. The summed E-state index contributed by atoms with van der Waals surface area (Å²) >= 11 is 1.78. The van der Waals surface area contributed by atoms with Crippen molar-refractivity contribution in [3.05, 3.63) is 53.6 Å². The molecule has 1 heterocycles. The number of fused-ring (bicyclic) bond motifs is 2. The first kappa shape index (κ1) is 14.2. The van der Waals surface area contributed by atoms with Crippen LogP contribution in [0, 0.1) is 0 Å². The summed E-state index contributed by atoms with van der Waals surface area (Å²) in [7, 11) is 0. The standard InChI is InChI=1S/C18H19NOS/c1-3-6-15-14-7-4-5-8-17(14)21-18-10-9-13(12(2)20)11-16(18)19-15/h4-5,7-11,15,19H,3,6H2,1-2H3. The van der Waals surface area contributed by atoms with Gasteiger partial charge in [0.25, 0.3) is 0 Å². The first-order valence-electron chi connectivity index (χ1n) is 7.37. The molecule has 3 heteroatoms. The average Bonchev–Trinajstić information content (AvgIpc) is 2.63. The Morgan fingerprint density at radius 3 is 2.76 bits per heavy atom. The predicted molar refractivity (Wildman–Crippen MR) is 88.3 cm³/mol. The van der Waals surface area contributed by atoms with Crippen molar-refractivity contribution in [1.82, 2.24) is 0 Å². The Morgan fingerprint density at radius 1 is 1.19 bits per heavy atom. The third-order valence-corrected chi connectivity index (χ3v) is 4.98. The maximum atomic E-state index is 11.6. The molecule has 108 valence electrons. The maximum absolute atomic E-state index is 11.6. The Bertz CT molecular complexity index is 681. The monoisotopic (exact) mass is 297 g/mol. The summed E-state index contributed by atoms with van der Waals surface area (Å²) in [6.45, 7) is 3.82. The molecule has 1 aliphatic rings. The van der Waals surface area contributed by atoms with E-state index in [9.17, 15) is 4.79 Å². The SMILES string of the molecule is CCCC1Nc2cc(C(C)=O)ccc2Sc2ccccc21. The van der Waals surface area contributed by atoms with Gasteiger partial charge in [0, 0.05) is 21.0 Å². The number of Topliss-reactive ketones (excluding diaryl/α,β-unsaturated/α-hetero) is 1. The molecule has 1 unspecified atom stereocenters. The van der Waals surface area contributed by atoms with Gasteiger partial charge in [0.1, 0.15) is 0 Å². The number of rotatable bonds is 3. The maximum Gasteiger partial charge on any atom is 0.159 e. The minimum Gasteiger partial charge on any atom is -0.377 e. The largest absolute Gasteiger partial charge is 0.377 e. The Morgan fingerprint density at radius 2 is 2.00 bits per heavy atom.